The monoisotopic (exact) mass is 439 g/mol. The molecular formula is C21H15Br2N. The van der Waals surface area contributed by atoms with E-state index in [0.29, 0.717) is 0 Å². The fourth-order valence-electron chi connectivity index (χ4n) is 3.10. The van der Waals surface area contributed by atoms with E-state index in [1.165, 1.54) is 27.6 Å². The molecule has 0 atom stereocenters. The molecule has 118 valence electrons. The maximum absolute atomic E-state index is 3.82. The Morgan fingerprint density at radius 2 is 1.38 bits per heavy atom. The van der Waals surface area contributed by atoms with Crippen LogP contribution in [0.15, 0.2) is 75.7 Å². The van der Waals surface area contributed by atoms with Crippen molar-refractivity contribution < 1.29 is 0 Å². The number of halogens is 2. The zero-order chi connectivity index (χ0) is 16.7. The number of hydrogen-bond donors (Lipinski definition) is 1. The summed E-state index contributed by atoms with van der Waals surface area (Å²) < 4.78 is 2.23. The normalized spacial score (nSPS) is 11.1. The predicted octanol–water partition coefficient (Wildman–Crippen LogP) is 7.34. The van der Waals surface area contributed by atoms with Gasteiger partial charge in [-0.05, 0) is 45.6 Å². The molecule has 0 aliphatic carbocycles. The van der Waals surface area contributed by atoms with E-state index in [1.807, 2.05) is 6.07 Å². The van der Waals surface area contributed by atoms with Crippen LogP contribution in [0.5, 0.6) is 0 Å². The average molecular weight is 441 g/mol. The van der Waals surface area contributed by atoms with Crippen LogP contribution in [0.3, 0.4) is 0 Å². The number of rotatable bonds is 2. The Kier molecular flexibility index (Phi) is 4.07. The smallest absolute Gasteiger partial charge is 0.0544 e. The largest absolute Gasteiger partial charge is 0.354 e. The molecule has 1 nitrogen and oxygen atoms in total. The molecule has 0 aliphatic rings. The zero-order valence-electron chi connectivity index (χ0n) is 13.1. The molecule has 0 spiro atoms. The molecule has 1 heterocycles. The molecule has 3 aromatic carbocycles. The van der Waals surface area contributed by atoms with Gasteiger partial charge in [-0.25, -0.2) is 0 Å². The Bertz CT molecular complexity index is 1020. The average Bonchev–Trinajstić information content (AvgIpc) is 3.00. The maximum atomic E-state index is 3.82. The minimum Gasteiger partial charge on any atom is -0.354 e. The number of aromatic amines is 1. The maximum Gasteiger partial charge on any atom is 0.0544 e. The molecule has 0 amide bonds. The number of hydrogen-bond acceptors (Lipinski definition) is 0. The fourth-order valence-corrected chi connectivity index (χ4v) is 4.42. The summed E-state index contributed by atoms with van der Waals surface area (Å²) in [5, 5.41) is 1.22. The highest BCUT2D eigenvalue weighted by atomic mass is 79.9. The molecule has 1 N–H and O–H groups in total. The SMILES string of the molecule is Cc1c(Br)cc2[nH]c(-c3ccccc3)c(-c3ccccc3)c2c1Br. The molecular weight excluding hydrogens is 426 g/mol. The van der Waals surface area contributed by atoms with E-state index in [-0.39, 0.29) is 0 Å². The van der Waals surface area contributed by atoms with Crippen LogP contribution < -0.4 is 0 Å². The first-order valence-corrected chi connectivity index (χ1v) is 9.36. The van der Waals surface area contributed by atoms with Gasteiger partial charge >= 0.3 is 0 Å². The second-order valence-electron chi connectivity index (χ2n) is 5.83. The van der Waals surface area contributed by atoms with Crippen molar-refractivity contribution in [3.63, 3.8) is 0 Å². The van der Waals surface area contributed by atoms with E-state index < -0.39 is 0 Å². The van der Waals surface area contributed by atoms with E-state index in [2.05, 4.69) is 104 Å². The first-order chi connectivity index (χ1) is 11.7. The Labute approximate surface area is 158 Å². The highest BCUT2D eigenvalue weighted by Gasteiger charge is 2.19. The Morgan fingerprint density at radius 3 is 2.00 bits per heavy atom. The van der Waals surface area contributed by atoms with Crippen LogP contribution in [0.1, 0.15) is 5.56 Å². The lowest BCUT2D eigenvalue weighted by Crippen LogP contribution is -1.84. The summed E-state index contributed by atoms with van der Waals surface area (Å²) in [4.78, 5) is 3.63. The van der Waals surface area contributed by atoms with Crippen LogP contribution in [-0.4, -0.2) is 4.98 Å². The second-order valence-corrected chi connectivity index (χ2v) is 7.47. The van der Waals surface area contributed by atoms with Crippen LogP contribution in [0.2, 0.25) is 0 Å². The molecule has 0 bridgehead atoms. The molecule has 0 aliphatic heterocycles. The minimum absolute atomic E-state index is 1.10. The molecule has 24 heavy (non-hydrogen) atoms. The topological polar surface area (TPSA) is 15.8 Å². The quantitative estimate of drug-likeness (QED) is 0.335. The summed E-state index contributed by atoms with van der Waals surface area (Å²) >= 11 is 7.48. The van der Waals surface area contributed by atoms with Gasteiger partial charge in [0.15, 0.2) is 0 Å². The summed E-state index contributed by atoms with van der Waals surface area (Å²) in [6.07, 6.45) is 0. The van der Waals surface area contributed by atoms with Gasteiger partial charge in [0.25, 0.3) is 0 Å². The first-order valence-electron chi connectivity index (χ1n) is 7.78. The summed E-state index contributed by atoms with van der Waals surface area (Å²) in [5.74, 6) is 0. The minimum atomic E-state index is 1.10. The lowest BCUT2D eigenvalue weighted by atomic mass is 9.98. The number of nitrogens with one attached hydrogen (secondary N) is 1. The lowest BCUT2D eigenvalue weighted by molar-refractivity contribution is 1.41. The number of fused-ring (bicyclic) bond motifs is 1. The lowest BCUT2D eigenvalue weighted by Gasteiger charge is -2.08. The van der Waals surface area contributed by atoms with Crippen molar-refractivity contribution in [2.45, 2.75) is 6.92 Å². The molecule has 4 aromatic rings. The van der Waals surface area contributed by atoms with Gasteiger partial charge in [-0.15, -0.1) is 0 Å². The van der Waals surface area contributed by atoms with E-state index in [0.717, 1.165) is 20.2 Å². The third-order valence-electron chi connectivity index (χ3n) is 4.33. The standard InChI is InChI=1S/C21H15Br2N/c1-13-16(22)12-17-19(20(13)23)18(14-8-4-2-5-9-14)21(24-17)15-10-6-3-7-11-15/h2-12,24H,1H3. The molecule has 0 saturated heterocycles. The molecule has 0 radical (unpaired) electrons. The molecule has 1 aromatic heterocycles. The molecule has 3 heteroatoms. The van der Waals surface area contributed by atoms with Crippen LogP contribution in [0.4, 0.5) is 0 Å². The van der Waals surface area contributed by atoms with Crippen LogP contribution in [0.25, 0.3) is 33.3 Å². The van der Waals surface area contributed by atoms with Crippen molar-refractivity contribution in [3.8, 4) is 22.4 Å². The van der Waals surface area contributed by atoms with Crippen molar-refractivity contribution in [1.29, 1.82) is 0 Å². The fraction of sp³-hybridized carbons (Fsp3) is 0.0476. The van der Waals surface area contributed by atoms with E-state index >= 15 is 0 Å². The van der Waals surface area contributed by atoms with Crippen molar-refractivity contribution >= 4 is 42.8 Å². The third-order valence-corrected chi connectivity index (χ3v) is 6.15. The van der Waals surface area contributed by atoms with Crippen LogP contribution in [-0.2, 0) is 0 Å². The molecule has 0 unspecified atom stereocenters. The number of benzene rings is 3. The van der Waals surface area contributed by atoms with Gasteiger partial charge in [0.05, 0.1) is 5.69 Å². The van der Waals surface area contributed by atoms with Gasteiger partial charge in [0.2, 0.25) is 0 Å². The number of aromatic nitrogens is 1. The highest BCUT2D eigenvalue weighted by molar-refractivity contribution is 9.11. The van der Waals surface area contributed by atoms with Gasteiger partial charge in [-0.2, -0.15) is 0 Å². The number of H-pyrrole nitrogens is 1. The van der Waals surface area contributed by atoms with Gasteiger partial charge < -0.3 is 4.98 Å². The van der Waals surface area contributed by atoms with Crippen molar-refractivity contribution in [2.24, 2.45) is 0 Å². The third kappa shape index (κ3) is 2.52. The Morgan fingerprint density at radius 1 is 0.792 bits per heavy atom. The summed E-state index contributed by atoms with van der Waals surface area (Å²) in [7, 11) is 0. The van der Waals surface area contributed by atoms with Gasteiger partial charge in [0.1, 0.15) is 0 Å². The Balaban J connectivity index is 2.15. The second kappa shape index (κ2) is 6.23. The van der Waals surface area contributed by atoms with Crippen molar-refractivity contribution in [2.75, 3.05) is 0 Å². The molecule has 4 rings (SSSR count). The van der Waals surface area contributed by atoms with E-state index in [9.17, 15) is 0 Å². The first kappa shape index (κ1) is 15.7. The van der Waals surface area contributed by atoms with Crippen LogP contribution in [0, 0.1) is 6.92 Å². The molecule has 0 fully saturated rings. The van der Waals surface area contributed by atoms with Gasteiger partial charge in [-0.1, -0.05) is 76.6 Å². The summed E-state index contributed by atoms with van der Waals surface area (Å²) in [6, 6.07) is 23.2. The zero-order valence-corrected chi connectivity index (χ0v) is 16.3. The van der Waals surface area contributed by atoms with Gasteiger partial charge in [0, 0.05) is 25.4 Å². The van der Waals surface area contributed by atoms with E-state index in [1.54, 1.807) is 0 Å². The summed E-state index contributed by atoms with van der Waals surface area (Å²) in [6.45, 7) is 2.12. The van der Waals surface area contributed by atoms with E-state index in [4.69, 9.17) is 0 Å². The molecule has 0 saturated carbocycles. The van der Waals surface area contributed by atoms with Gasteiger partial charge in [-0.3, -0.25) is 0 Å². The van der Waals surface area contributed by atoms with Crippen LogP contribution >= 0.6 is 31.9 Å². The van der Waals surface area contributed by atoms with Crippen molar-refractivity contribution in [3.05, 3.63) is 81.2 Å². The highest BCUT2D eigenvalue weighted by Crippen LogP contribution is 2.44. The Hall–Kier alpha value is -1.84. The predicted molar refractivity (Wildman–Crippen MR) is 109 cm³/mol. The summed E-state index contributed by atoms with van der Waals surface area (Å²) in [5.41, 5.74) is 7.11. The van der Waals surface area contributed by atoms with Crippen molar-refractivity contribution in [1.82, 2.24) is 4.98 Å².